The fraction of sp³-hybridized carbons (Fsp3) is 0.294. The van der Waals surface area contributed by atoms with Gasteiger partial charge in [-0.05, 0) is 67.4 Å². The summed E-state index contributed by atoms with van der Waals surface area (Å²) in [6, 6.07) is 13.0. The number of nitrogens with one attached hydrogen (secondary N) is 1. The predicted molar refractivity (Wildman–Crippen MR) is 90.2 cm³/mol. The highest BCUT2D eigenvalue weighted by molar-refractivity contribution is 7.80. The third-order valence-corrected chi connectivity index (χ3v) is 3.96. The molecule has 0 bridgehead atoms. The molecule has 1 fully saturated rings. The number of rotatable bonds is 4. The maximum Gasteiger partial charge on any atom is 0.173 e. The van der Waals surface area contributed by atoms with Crippen molar-refractivity contribution >= 4 is 23.0 Å². The third kappa shape index (κ3) is 3.79. The SMILES string of the molecule is Cc1cccc(NC(=S)N(Cc2ccncc2)C2CC2)c1. The topological polar surface area (TPSA) is 28.2 Å². The van der Waals surface area contributed by atoms with Crippen molar-refractivity contribution in [1.29, 1.82) is 0 Å². The first kappa shape index (κ1) is 14.0. The zero-order valence-electron chi connectivity index (χ0n) is 12.1. The summed E-state index contributed by atoms with van der Waals surface area (Å²) in [5.41, 5.74) is 3.53. The number of nitrogens with zero attached hydrogens (tertiary/aromatic N) is 2. The van der Waals surface area contributed by atoms with Gasteiger partial charge in [0.2, 0.25) is 0 Å². The Kier molecular flexibility index (Phi) is 4.15. The first-order chi connectivity index (χ1) is 10.2. The van der Waals surface area contributed by atoms with E-state index < -0.39 is 0 Å². The lowest BCUT2D eigenvalue weighted by Gasteiger charge is -2.26. The first-order valence-electron chi connectivity index (χ1n) is 7.25. The third-order valence-electron chi connectivity index (χ3n) is 3.62. The highest BCUT2D eigenvalue weighted by Crippen LogP contribution is 2.29. The Morgan fingerprint density at radius 3 is 2.71 bits per heavy atom. The summed E-state index contributed by atoms with van der Waals surface area (Å²) in [7, 11) is 0. The van der Waals surface area contributed by atoms with E-state index in [1.807, 2.05) is 30.6 Å². The average molecular weight is 297 g/mol. The largest absolute Gasteiger partial charge is 0.342 e. The van der Waals surface area contributed by atoms with Gasteiger partial charge >= 0.3 is 0 Å². The highest BCUT2D eigenvalue weighted by atomic mass is 32.1. The number of aromatic nitrogens is 1. The summed E-state index contributed by atoms with van der Waals surface area (Å²) in [6.45, 7) is 2.93. The van der Waals surface area contributed by atoms with Crippen LogP contribution < -0.4 is 5.32 Å². The smallest absolute Gasteiger partial charge is 0.173 e. The van der Waals surface area contributed by atoms with Gasteiger partial charge in [-0.2, -0.15) is 0 Å². The molecule has 0 radical (unpaired) electrons. The Morgan fingerprint density at radius 2 is 2.05 bits per heavy atom. The molecule has 1 aromatic heterocycles. The van der Waals surface area contributed by atoms with Crippen LogP contribution in [0.4, 0.5) is 5.69 Å². The van der Waals surface area contributed by atoms with Crippen molar-refractivity contribution in [2.24, 2.45) is 0 Å². The molecule has 108 valence electrons. The molecule has 0 unspecified atom stereocenters. The summed E-state index contributed by atoms with van der Waals surface area (Å²) in [6.07, 6.45) is 6.11. The van der Waals surface area contributed by atoms with Crippen LogP contribution in [0.25, 0.3) is 0 Å². The minimum Gasteiger partial charge on any atom is -0.342 e. The van der Waals surface area contributed by atoms with Crippen LogP contribution in [0.5, 0.6) is 0 Å². The molecule has 21 heavy (non-hydrogen) atoms. The van der Waals surface area contributed by atoms with Crippen molar-refractivity contribution in [2.75, 3.05) is 5.32 Å². The van der Waals surface area contributed by atoms with Crippen molar-refractivity contribution in [1.82, 2.24) is 9.88 Å². The van der Waals surface area contributed by atoms with E-state index in [9.17, 15) is 0 Å². The lowest BCUT2D eigenvalue weighted by atomic mass is 10.2. The Labute approximate surface area is 131 Å². The van der Waals surface area contributed by atoms with E-state index in [1.165, 1.54) is 24.0 Å². The Balaban J connectivity index is 1.70. The summed E-state index contributed by atoms with van der Waals surface area (Å²) < 4.78 is 0. The number of hydrogen-bond acceptors (Lipinski definition) is 2. The molecule has 1 N–H and O–H groups in total. The number of aryl methyl sites for hydroxylation is 1. The van der Waals surface area contributed by atoms with Crippen LogP contribution in [0, 0.1) is 6.92 Å². The standard InChI is InChI=1S/C17H19N3S/c1-13-3-2-4-15(11-13)19-17(21)20(16-5-6-16)12-14-7-9-18-10-8-14/h2-4,7-11,16H,5-6,12H2,1H3,(H,19,21). The monoisotopic (exact) mass is 297 g/mol. The molecule has 0 atom stereocenters. The molecule has 4 heteroatoms. The number of hydrogen-bond donors (Lipinski definition) is 1. The van der Waals surface area contributed by atoms with Crippen LogP contribution in [-0.4, -0.2) is 21.0 Å². The number of thiocarbonyl (C=S) groups is 1. The van der Waals surface area contributed by atoms with E-state index in [1.54, 1.807) is 0 Å². The maximum absolute atomic E-state index is 5.62. The van der Waals surface area contributed by atoms with Gasteiger partial charge in [-0.15, -0.1) is 0 Å². The van der Waals surface area contributed by atoms with E-state index in [2.05, 4.69) is 40.3 Å². The fourth-order valence-corrected chi connectivity index (χ4v) is 2.69. The maximum atomic E-state index is 5.62. The van der Waals surface area contributed by atoms with Gasteiger partial charge in [-0.3, -0.25) is 4.98 Å². The van der Waals surface area contributed by atoms with Crippen LogP contribution in [0.15, 0.2) is 48.8 Å². The summed E-state index contributed by atoms with van der Waals surface area (Å²) >= 11 is 5.62. The molecule has 0 aliphatic heterocycles. The van der Waals surface area contributed by atoms with E-state index in [4.69, 9.17) is 12.2 Å². The quantitative estimate of drug-likeness (QED) is 0.870. The molecular weight excluding hydrogens is 278 g/mol. The first-order valence-corrected chi connectivity index (χ1v) is 7.66. The van der Waals surface area contributed by atoms with Gasteiger partial charge in [-0.1, -0.05) is 12.1 Å². The van der Waals surface area contributed by atoms with Gasteiger partial charge in [0, 0.05) is 30.7 Å². The Hall–Kier alpha value is -1.94. The summed E-state index contributed by atoms with van der Waals surface area (Å²) in [5.74, 6) is 0. The minimum atomic E-state index is 0.572. The van der Waals surface area contributed by atoms with Crippen molar-refractivity contribution < 1.29 is 0 Å². The summed E-state index contributed by atoms with van der Waals surface area (Å²) in [5, 5.41) is 4.17. The van der Waals surface area contributed by atoms with Gasteiger partial charge in [0.1, 0.15) is 0 Å². The molecule has 2 aromatic rings. The normalized spacial score (nSPS) is 13.8. The zero-order valence-corrected chi connectivity index (χ0v) is 12.9. The predicted octanol–water partition coefficient (Wildman–Crippen LogP) is 3.75. The average Bonchev–Trinajstić information content (AvgIpc) is 3.30. The van der Waals surface area contributed by atoms with Crippen LogP contribution in [0.1, 0.15) is 24.0 Å². The van der Waals surface area contributed by atoms with Gasteiger partial charge in [0.15, 0.2) is 5.11 Å². The molecule has 1 aliphatic carbocycles. The number of anilines is 1. The van der Waals surface area contributed by atoms with Crippen LogP contribution >= 0.6 is 12.2 Å². The molecule has 1 aliphatic rings. The second-order valence-electron chi connectivity index (χ2n) is 5.51. The number of benzene rings is 1. The van der Waals surface area contributed by atoms with Gasteiger partial charge < -0.3 is 10.2 Å². The van der Waals surface area contributed by atoms with E-state index >= 15 is 0 Å². The lowest BCUT2D eigenvalue weighted by molar-refractivity contribution is 0.409. The molecule has 0 amide bonds. The molecule has 0 saturated heterocycles. The zero-order chi connectivity index (χ0) is 14.7. The molecule has 1 heterocycles. The second kappa shape index (κ2) is 6.22. The Morgan fingerprint density at radius 1 is 1.29 bits per heavy atom. The fourth-order valence-electron chi connectivity index (χ4n) is 2.36. The van der Waals surface area contributed by atoms with Crippen molar-refractivity contribution in [3.63, 3.8) is 0 Å². The molecule has 0 spiro atoms. The van der Waals surface area contributed by atoms with Crippen molar-refractivity contribution in [3.8, 4) is 0 Å². The molecule has 3 rings (SSSR count). The van der Waals surface area contributed by atoms with Crippen molar-refractivity contribution in [2.45, 2.75) is 32.4 Å². The van der Waals surface area contributed by atoms with E-state index in [0.29, 0.717) is 6.04 Å². The van der Waals surface area contributed by atoms with Gasteiger partial charge in [0.05, 0.1) is 0 Å². The van der Waals surface area contributed by atoms with Crippen LogP contribution in [-0.2, 0) is 6.54 Å². The summed E-state index contributed by atoms with van der Waals surface area (Å²) in [4.78, 5) is 6.35. The molecular formula is C17H19N3S. The van der Waals surface area contributed by atoms with Gasteiger partial charge in [-0.25, -0.2) is 0 Å². The van der Waals surface area contributed by atoms with Crippen LogP contribution in [0.2, 0.25) is 0 Å². The number of pyridine rings is 1. The van der Waals surface area contributed by atoms with E-state index in [0.717, 1.165) is 17.3 Å². The van der Waals surface area contributed by atoms with Crippen LogP contribution in [0.3, 0.4) is 0 Å². The van der Waals surface area contributed by atoms with Crippen molar-refractivity contribution in [3.05, 3.63) is 59.9 Å². The van der Waals surface area contributed by atoms with Gasteiger partial charge in [0.25, 0.3) is 0 Å². The van der Waals surface area contributed by atoms with E-state index in [-0.39, 0.29) is 0 Å². The molecule has 1 saturated carbocycles. The highest BCUT2D eigenvalue weighted by Gasteiger charge is 2.30. The Bertz CT molecular complexity index is 623. The lowest BCUT2D eigenvalue weighted by Crippen LogP contribution is -2.36. The minimum absolute atomic E-state index is 0.572. The molecule has 3 nitrogen and oxygen atoms in total. The molecule has 1 aromatic carbocycles. The second-order valence-corrected chi connectivity index (χ2v) is 5.90.